The van der Waals surface area contributed by atoms with Gasteiger partial charge in [-0.25, -0.2) is 18.9 Å². The van der Waals surface area contributed by atoms with Crippen molar-refractivity contribution in [1.29, 1.82) is 0 Å². The molecule has 1 aromatic carbocycles. The lowest BCUT2D eigenvalue weighted by molar-refractivity contribution is 0.508. The molecule has 3 heterocycles. The summed E-state index contributed by atoms with van der Waals surface area (Å²) >= 11 is 0. The number of fused-ring (bicyclic) bond motifs is 1. The second-order valence-electron chi connectivity index (χ2n) is 5.36. The van der Waals surface area contributed by atoms with E-state index >= 15 is 0 Å². The van der Waals surface area contributed by atoms with Gasteiger partial charge < -0.3 is 4.42 Å². The Kier molecular flexibility index (Phi) is 3.19. The third kappa shape index (κ3) is 2.40. The predicted octanol–water partition coefficient (Wildman–Crippen LogP) is 4.05. The largest absolute Gasteiger partial charge is 0.445 e. The summed E-state index contributed by atoms with van der Waals surface area (Å²) < 4.78 is 21.6. The summed E-state index contributed by atoms with van der Waals surface area (Å²) in [6, 6.07) is 14.2. The van der Waals surface area contributed by atoms with Gasteiger partial charge in [0.05, 0.1) is 0 Å². The monoisotopic (exact) mass is 307 g/mol. The first-order chi connectivity index (χ1) is 11.2. The van der Waals surface area contributed by atoms with Gasteiger partial charge in [-0.05, 0) is 36.8 Å². The smallest absolute Gasteiger partial charge is 0.206 e. The van der Waals surface area contributed by atoms with E-state index in [0.717, 1.165) is 11.3 Å². The van der Waals surface area contributed by atoms with Crippen molar-refractivity contribution in [3.8, 4) is 5.88 Å². The lowest BCUT2D eigenvalue weighted by Crippen LogP contribution is -2.03. The normalized spacial score (nSPS) is 11.2. The molecule has 3 aromatic heterocycles. The highest BCUT2D eigenvalue weighted by molar-refractivity contribution is 5.73. The van der Waals surface area contributed by atoms with E-state index in [1.807, 2.05) is 41.8 Å². The molecule has 0 atom stereocenters. The molecule has 0 bridgehead atoms. The van der Waals surface area contributed by atoms with Gasteiger partial charge in [-0.1, -0.05) is 18.2 Å². The van der Waals surface area contributed by atoms with Crippen molar-refractivity contribution >= 4 is 11.2 Å². The van der Waals surface area contributed by atoms with Gasteiger partial charge in [-0.15, -0.1) is 0 Å². The number of halogens is 1. The van der Waals surface area contributed by atoms with Crippen LogP contribution >= 0.6 is 0 Å². The lowest BCUT2D eigenvalue weighted by atomic mass is 10.1. The van der Waals surface area contributed by atoms with E-state index in [2.05, 4.69) is 9.97 Å². The molecule has 0 fully saturated rings. The maximum atomic E-state index is 14.0. The molecule has 5 heteroatoms. The first-order valence-electron chi connectivity index (χ1n) is 7.35. The highest BCUT2D eigenvalue weighted by Gasteiger charge is 2.17. The van der Waals surface area contributed by atoms with Crippen molar-refractivity contribution in [3.05, 3.63) is 77.7 Å². The number of aromatic nitrogens is 3. The van der Waals surface area contributed by atoms with E-state index in [1.54, 1.807) is 18.3 Å². The molecule has 0 spiro atoms. The van der Waals surface area contributed by atoms with Gasteiger partial charge in [0, 0.05) is 18.7 Å². The van der Waals surface area contributed by atoms with Crippen molar-refractivity contribution in [2.75, 3.05) is 0 Å². The second-order valence-corrected chi connectivity index (χ2v) is 5.36. The number of hydrogen-bond donors (Lipinski definition) is 0. The van der Waals surface area contributed by atoms with Crippen LogP contribution in [0, 0.1) is 12.7 Å². The number of nitrogens with zero attached hydrogens (tertiary/aromatic N) is 3. The molecule has 0 amide bonds. The number of pyridine rings is 1. The van der Waals surface area contributed by atoms with Gasteiger partial charge in [0.25, 0.3) is 0 Å². The maximum absolute atomic E-state index is 14.0. The number of rotatable bonds is 3. The molecule has 0 saturated heterocycles. The molecule has 0 aliphatic heterocycles. The van der Waals surface area contributed by atoms with Crippen LogP contribution in [0.4, 0.5) is 4.39 Å². The van der Waals surface area contributed by atoms with Gasteiger partial charge in [0.1, 0.15) is 22.9 Å². The molecular formula is C18H14FN3O. The third-order valence-corrected chi connectivity index (χ3v) is 3.74. The van der Waals surface area contributed by atoms with E-state index in [4.69, 9.17) is 4.42 Å². The van der Waals surface area contributed by atoms with Crippen molar-refractivity contribution in [3.63, 3.8) is 0 Å². The van der Waals surface area contributed by atoms with Crippen LogP contribution in [0.15, 0.2) is 59.1 Å². The molecule has 4 aromatic rings. The molecule has 4 rings (SSSR count). The topological polar surface area (TPSA) is 43.9 Å². The molecule has 0 aliphatic carbocycles. The summed E-state index contributed by atoms with van der Waals surface area (Å²) in [6.07, 6.45) is 2.08. The Bertz CT molecular complexity index is 987. The summed E-state index contributed by atoms with van der Waals surface area (Å²) in [5, 5.41) is 0. The van der Waals surface area contributed by atoms with Crippen molar-refractivity contribution in [2.45, 2.75) is 13.3 Å². The van der Waals surface area contributed by atoms with Crippen LogP contribution in [0.25, 0.3) is 17.0 Å². The Morgan fingerprint density at radius 3 is 2.74 bits per heavy atom. The van der Waals surface area contributed by atoms with Gasteiger partial charge in [0.15, 0.2) is 5.65 Å². The summed E-state index contributed by atoms with van der Waals surface area (Å²) in [7, 11) is 0. The van der Waals surface area contributed by atoms with Crippen molar-refractivity contribution < 1.29 is 8.81 Å². The second kappa shape index (κ2) is 5.35. The quantitative estimate of drug-likeness (QED) is 0.573. The van der Waals surface area contributed by atoms with Gasteiger partial charge in [-0.2, -0.15) is 0 Å². The number of furan rings is 1. The van der Waals surface area contributed by atoms with Gasteiger partial charge in [-0.3, -0.25) is 0 Å². The number of imidazole rings is 1. The Morgan fingerprint density at radius 1 is 1.09 bits per heavy atom. The third-order valence-electron chi connectivity index (χ3n) is 3.74. The Balaban J connectivity index is 1.90. The Labute approximate surface area is 132 Å². The van der Waals surface area contributed by atoms with Crippen LogP contribution in [0.5, 0.6) is 0 Å². The number of hydrogen-bond acceptors (Lipinski definition) is 3. The Hall–Kier alpha value is -2.95. The van der Waals surface area contributed by atoms with E-state index in [-0.39, 0.29) is 5.82 Å². The highest BCUT2D eigenvalue weighted by Crippen LogP contribution is 2.23. The number of benzene rings is 1. The molecule has 23 heavy (non-hydrogen) atoms. The minimum Gasteiger partial charge on any atom is -0.445 e. The van der Waals surface area contributed by atoms with Gasteiger partial charge >= 0.3 is 0 Å². The fourth-order valence-corrected chi connectivity index (χ4v) is 2.66. The fraction of sp³-hybridized carbons (Fsp3) is 0.111. The molecule has 114 valence electrons. The highest BCUT2D eigenvalue weighted by atomic mass is 19.1. The molecule has 0 aliphatic rings. The van der Waals surface area contributed by atoms with Crippen molar-refractivity contribution in [2.24, 2.45) is 0 Å². The average molecular weight is 307 g/mol. The van der Waals surface area contributed by atoms with E-state index in [9.17, 15) is 4.39 Å². The zero-order valence-corrected chi connectivity index (χ0v) is 12.5. The molecule has 0 unspecified atom stereocenters. The lowest BCUT2D eigenvalue weighted by Gasteiger charge is -2.06. The molecule has 4 nitrogen and oxygen atoms in total. The zero-order chi connectivity index (χ0) is 15.8. The standard InChI is InChI=1S/C18H14FN3O/c1-12-8-9-17(23-12)22-16(11-13-5-2-3-6-14(13)19)21-15-7-4-10-20-18(15)22/h2-10H,11H2,1H3. The van der Waals surface area contributed by atoms with Gasteiger partial charge in [0.2, 0.25) is 5.88 Å². The SMILES string of the molecule is Cc1ccc(-n2c(Cc3ccccc3F)nc3cccnc32)o1. The van der Waals surface area contributed by atoms with Crippen LogP contribution < -0.4 is 0 Å². The first kappa shape index (κ1) is 13.7. The fourth-order valence-electron chi connectivity index (χ4n) is 2.66. The molecular weight excluding hydrogens is 293 g/mol. The zero-order valence-electron chi connectivity index (χ0n) is 12.5. The van der Waals surface area contributed by atoms with Crippen molar-refractivity contribution in [1.82, 2.24) is 14.5 Å². The minimum atomic E-state index is -0.241. The van der Waals surface area contributed by atoms with Crippen LogP contribution in [0.3, 0.4) is 0 Å². The maximum Gasteiger partial charge on any atom is 0.206 e. The predicted molar refractivity (Wildman–Crippen MR) is 85.1 cm³/mol. The van der Waals surface area contributed by atoms with E-state index in [0.29, 0.717) is 29.3 Å². The van der Waals surface area contributed by atoms with Crippen LogP contribution in [0.2, 0.25) is 0 Å². The average Bonchev–Trinajstić information content (AvgIpc) is 3.12. The van der Waals surface area contributed by atoms with Crippen LogP contribution in [-0.2, 0) is 6.42 Å². The Morgan fingerprint density at radius 2 is 1.96 bits per heavy atom. The van der Waals surface area contributed by atoms with Crippen LogP contribution in [-0.4, -0.2) is 14.5 Å². The molecule has 0 saturated carbocycles. The summed E-state index contributed by atoms with van der Waals surface area (Å²) in [6.45, 7) is 1.88. The summed E-state index contributed by atoms with van der Waals surface area (Å²) in [4.78, 5) is 9.01. The molecule has 0 N–H and O–H groups in total. The summed E-state index contributed by atoms with van der Waals surface area (Å²) in [5.74, 6) is 1.89. The number of aryl methyl sites for hydroxylation is 1. The van der Waals surface area contributed by atoms with E-state index < -0.39 is 0 Å². The molecule has 0 radical (unpaired) electrons. The van der Waals surface area contributed by atoms with E-state index in [1.165, 1.54) is 6.07 Å². The summed E-state index contributed by atoms with van der Waals surface area (Å²) in [5.41, 5.74) is 2.05. The minimum absolute atomic E-state index is 0.241. The first-order valence-corrected chi connectivity index (χ1v) is 7.35. The van der Waals surface area contributed by atoms with Crippen LogP contribution in [0.1, 0.15) is 17.1 Å².